The zero-order valence-corrected chi connectivity index (χ0v) is 17.3. The van der Waals surface area contributed by atoms with Crippen molar-refractivity contribution in [3.05, 3.63) is 22.8 Å². The van der Waals surface area contributed by atoms with Gasteiger partial charge in [0.2, 0.25) is 0 Å². The third kappa shape index (κ3) is 2.23. The van der Waals surface area contributed by atoms with Gasteiger partial charge in [-0.1, -0.05) is 46.3 Å². The monoisotopic (exact) mass is 356 g/mol. The highest BCUT2D eigenvalue weighted by atomic mass is 16.3. The van der Waals surface area contributed by atoms with Gasteiger partial charge in [0.15, 0.2) is 0 Å². The Balaban J connectivity index is 1.75. The summed E-state index contributed by atoms with van der Waals surface area (Å²) in [4.78, 5) is 11.5. The molecule has 4 aliphatic carbocycles. The lowest BCUT2D eigenvalue weighted by Crippen LogP contribution is -2.53. The number of carbonyl (C=O) groups is 1. The summed E-state index contributed by atoms with van der Waals surface area (Å²) in [5.41, 5.74) is 5.37. The SMILES string of the molecule is C[C@H](C=O)[C@H]1CC=C2C3=C(CC[C@@]21C)[C@@]1(C)CCC(O)C(C)(C)C1CC3. The van der Waals surface area contributed by atoms with Crippen LogP contribution in [-0.2, 0) is 4.79 Å². The van der Waals surface area contributed by atoms with Crippen molar-refractivity contribution in [3.8, 4) is 0 Å². The molecule has 4 rings (SSSR count). The first-order chi connectivity index (χ1) is 12.2. The number of aliphatic hydroxyl groups is 1. The molecule has 144 valence electrons. The van der Waals surface area contributed by atoms with Gasteiger partial charge >= 0.3 is 0 Å². The van der Waals surface area contributed by atoms with Crippen molar-refractivity contribution < 1.29 is 9.90 Å². The zero-order chi connectivity index (χ0) is 18.9. The number of hydrogen-bond donors (Lipinski definition) is 1. The minimum Gasteiger partial charge on any atom is -0.393 e. The van der Waals surface area contributed by atoms with Crippen LogP contribution in [0.2, 0.25) is 0 Å². The minimum absolute atomic E-state index is 0.00487. The molecule has 0 aliphatic heterocycles. The molecule has 0 aromatic heterocycles. The lowest BCUT2D eigenvalue weighted by molar-refractivity contribution is -0.113. The van der Waals surface area contributed by atoms with Crippen LogP contribution in [0.3, 0.4) is 0 Å². The summed E-state index contributed by atoms with van der Waals surface area (Å²) in [5.74, 6) is 1.19. The molecule has 1 saturated carbocycles. The van der Waals surface area contributed by atoms with E-state index in [0.29, 0.717) is 11.8 Å². The molecule has 1 fully saturated rings. The second-order valence-corrected chi connectivity index (χ2v) is 10.7. The Morgan fingerprint density at radius 1 is 1.12 bits per heavy atom. The Kier molecular flexibility index (Phi) is 4.12. The van der Waals surface area contributed by atoms with Gasteiger partial charge in [0.05, 0.1) is 6.10 Å². The van der Waals surface area contributed by atoms with Crippen molar-refractivity contribution in [2.75, 3.05) is 0 Å². The van der Waals surface area contributed by atoms with Crippen LogP contribution in [0.15, 0.2) is 22.8 Å². The van der Waals surface area contributed by atoms with Gasteiger partial charge in [-0.2, -0.15) is 0 Å². The number of allylic oxidation sites excluding steroid dienone is 4. The minimum atomic E-state index is -0.167. The number of aliphatic hydroxyl groups excluding tert-OH is 1. The van der Waals surface area contributed by atoms with E-state index < -0.39 is 0 Å². The summed E-state index contributed by atoms with van der Waals surface area (Å²) in [6.07, 6.45) is 11.3. The van der Waals surface area contributed by atoms with Crippen LogP contribution in [0.25, 0.3) is 0 Å². The van der Waals surface area contributed by atoms with Gasteiger partial charge in [-0.25, -0.2) is 0 Å². The molecule has 2 heteroatoms. The lowest BCUT2D eigenvalue weighted by atomic mass is 9.46. The van der Waals surface area contributed by atoms with Crippen LogP contribution in [0, 0.1) is 34.0 Å². The van der Waals surface area contributed by atoms with Crippen molar-refractivity contribution >= 4 is 6.29 Å². The van der Waals surface area contributed by atoms with E-state index in [9.17, 15) is 9.90 Å². The summed E-state index contributed by atoms with van der Waals surface area (Å²) in [6.45, 7) is 11.6. The number of carbonyl (C=O) groups excluding carboxylic acids is 1. The number of hydrogen-bond acceptors (Lipinski definition) is 2. The fourth-order valence-corrected chi connectivity index (χ4v) is 7.61. The van der Waals surface area contributed by atoms with Gasteiger partial charge in [0.25, 0.3) is 0 Å². The Labute approximate surface area is 159 Å². The standard InChI is InChI=1S/C24H36O2/c1-15(14-25)17-7-8-18-16-6-9-20-22(2,3)21(26)11-13-24(20,5)19(16)10-12-23(17,18)4/h8,14-15,17,20-21,26H,6-7,9-13H2,1-5H3/t15-,17-,20?,21?,23-,24-/m1/s1. The number of fused-ring (bicyclic) bond motifs is 4. The summed E-state index contributed by atoms with van der Waals surface area (Å²) in [5, 5.41) is 10.6. The summed E-state index contributed by atoms with van der Waals surface area (Å²) in [7, 11) is 0. The van der Waals surface area contributed by atoms with E-state index in [2.05, 4.69) is 40.7 Å². The molecule has 4 aliphatic rings. The van der Waals surface area contributed by atoms with E-state index in [1.165, 1.54) is 25.5 Å². The fraction of sp³-hybridized carbons (Fsp3) is 0.792. The molecule has 26 heavy (non-hydrogen) atoms. The second kappa shape index (κ2) is 5.80. The quantitative estimate of drug-likeness (QED) is 0.667. The van der Waals surface area contributed by atoms with Gasteiger partial charge in [-0.05, 0) is 84.2 Å². The van der Waals surface area contributed by atoms with Crippen LogP contribution < -0.4 is 0 Å². The molecule has 0 saturated heterocycles. The van der Waals surface area contributed by atoms with E-state index in [1.807, 2.05) is 0 Å². The van der Waals surface area contributed by atoms with Gasteiger partial charge in [-0.15, -0.1) is 0 Å². The largest absolute Gasteiger partial charge is 0.393 e. The van der Waals surface area contributed by atoms with Crippen LogP contribution in [-0.4, -0.2) is 17.5 Å². The predicted molar refractivity (Wildman–Crippen MR) is 106 cm³/mol. The molecule has 2 unspecified atom stereocenters. The van der Waals surface area contributed by atoms with E-state index in [0.717, 1.165) is 25.7 Å². The maximum atomic E-state index is 11.5. The molecule has 1 N–H and O–H groups in total. The molecule has 0 bridgehead atoms. The zero-order valence-electron chi connectivity index (χ0n) is 17.3. The smallest absolute Gasteiger partial charge is 0.123 e. The summed E-state index contributed by atoms with van der Waals surface area (Å²) < 4.78 is 0. The third-order valence-electron chi connectivity index (χ3n) is 9.28. The maximum absolute atomic E-state index is 11.5. The first-order valence-electron chi connectivity index (χ1n) is 10.7. The van der Waals surface area contributed by atoms with E-state index in [4.69, 9.17) is 0 Å². The Bertz CT molecular complexity index is 684. The molecule has 0 amide bonds. The van der Waals surface area contributed by atoms with Crippen molar-refractivity contribution in [3.63, 3.8) is 0 Å². The van der Waals surface area contributed by atoms with Crippen molar-refractivity contribution in [2.45, 2.75) is 85.7 Å². The summed E-state index contributed by atoms with van der Waals surface area (Å²) in [6, 6.07) is 0. The molecule has 0 aromatic rings. The van der Waals surface area contributed by atoms with Gasteiger partial charge in [0, 0.05) is 5.92 Å². The molecular formula is C24H36O2. The van der Waals surface area contributed by atoms with Crippen LogP contribution in [0.5, 0.6) is 0 Å². The van der Waals surface area contributed by atoms with Crippen molar-refractivity contribution in [1.29, 1.82) is 0 Å². The average molecular weight is 357 g/mol. The maximum Gasteiger partial charge on any atom is 0.123 e. The highest BCUT2D eigenvalue weighted by Crippen LogP contribution is 2.66. The predicted octanol–water partition coefficient (Wildman–Crippen LogP) is 5.46. The fourth-order valence-electron chi connectivity index (χ4n) is 7.61. The van der Waals surface area contributed by atoms with Crippen LogP contribution >= 0.6 is 0 Å². The van der Waals surface area contributed by atoms with Crippen LogP contribution in [0.1, 0.15) is 79.6 Å². The highest BCUT2D eigenvalue weighted by molar-refractivity contribution is 5.57. The Morgan fingerprint density at radius 3 is 2.54 bits per heavy atom. The molecule has 6 atom stereocenters. The topological polar surface area (TPSA) is 37.3 Å². The normalized spacial score (nSPS) is 45.3. The first kappa shape index (κ1) is 18.5. The molecule has 2 nitrogen and oxygen atoms in total. The van der Waals surface area contributed by atoms with Crippen molar-refractivity contribution in [1.82, 2.24) is 0 Å². The second-order valence-electron chi connectivity index (χ2n) is 10.7. The first-order valence-corrected chi connectivity index (χ1v) is 10.7. The summed E-state index contributed by atoms with van der Waals surface area (Å²) >= 11 is 0. The number of rotatable bonds is 2. The molecule has 0 heterocycles. The van der Waals surface area contributed by atoms with E-state index >= 15 is 0 Å². The van der Waals surface area contributed by atoms with E-state index in [-0.39, 0.29) is 28.3 Å². The number of aldehydes is 1. The molecule has 0 radical (unpaired) electrons. The third-order valence-corrected chi connectivity index (χ3v) is 9.28. The van der Waals surface area contributed by atoms with Gasteiger partial charge < -0.3 is 9.90 Å². The van der Waals surface area contributed by atoms with Crippen molar-refractivity contribution in [2.24, 2.45) is 34.0 Å². The molecule has 0 spiro atoms. The Morgan fingerprint density at radius 2 is 1.85 bits per heavy atom. The van der Waals surface area contributed by atoms with Gasteiger partial charge in [-0.3, -0.25) is 0 Å². The molecular weight excluding hydrogens is 320 g/mol. The molecule has 0 aromatic carbocycles. The van der Waals surface area contributed by atoms with Gasteiger partial charge in [0.1, 0.15) is 6.29 Å². The average Bonchev–Trinajstić information content (AvgIpc) is 2.95. The lowest BCUT2D eigenvalue weighted by Gasteiger charge is -2.59. The Hall–Kier alpha value is -0.890. The highest BCUT2D eigenvalue weighted by Gasteiger charge is 2.57. The van der Waals surface area contributed by atoms with E-state index in [1.54, 1.807) is 16.7 Å². The van der Waals surface area contributed by atoms with Crippen LogP contribution in [0.4, 0.5) is 0 Å².